The summed E-state index contributed by atoms with van der Waals surface area (Å²) in [6.45, 7) is 5.51. The van der Waals surface area contributed by atoms with Gasteiger partial charge in [0.05, 0.1) is 5.02 Å². The van der Waals surface area contributed by atoms with Gasteiger partial charge in [0.1, 0.15) is 12.1 Å². The van der Waals surface area contributed by atoms with Crippen LogP contribution in [-0.2, 0) is 6.54 Å². The molecule has 0 saturated carbocycles. The summed E-state index contributed by atoms with van der Waals surface area (Å²) in [6.07, 6.45) is -1.02. The predicted octanol–water partition coefficient (Wildman–Crippen LogP) is 4.52. The molecule has 0 spiro atoms. The normalized spacial score (nSPS) is 11.8. The Morgan fingerprint density at radius 3 is 2.70 bits per heavy atom. The third-order valence-corrected chi connectivity index (χ3v) is 3.53. The number of amides is 1. The van der Waals surface area contributed by atoms with E-state index in [1.54, 1.807) is 12.1 Å². The van der Waals surface area contributed by atoms with Crippen molar-refractivity contribution in [1.82, 2.24) is 9.88 Å². The Labute approximate surface area is 129 Å². The molecule has 1 N–H and O–H groups in total. The lowest BCUT2D eigenvalue weighted by molar-refractivity contribution is 0.0898. The van der Waals surface area contributed by atoms with E-state index in [0.29, 0.717) is 22.0 Å². The summed E-state index contributed by atoms with van der Waals surface area (Å²) in [4.78, 5) is 16.9. The molecule has 1 aromatic carbocycles. The van der Waals surface area contributed by atoms with Crippen LogP contribution in [0.1, 0.15) is 26.7 Å². The van der Waals surface area contributed by atoms with Gasteiger partial charge in [0.2, 0.25) is 5.89 Å². The fourth-order valence-corrected chi connectivity index (χ4v) is 2.63. The van der Waals surface area contributed by atoms with E-state index >= 15 is 0 Å². The topological polar surface area (TPSA) is 66.6 Å². The fourth-order valence-electron chi connectivity index (χ4n) is 1.80. The fraction of sp³-hybridized carbons (Fsp3) is 0.385. The highest BCUT2D eigenvalue weighted by Crippen LogP contribution is 2.29. The standard InChI is InChI=1S/C13H14BrClN2O3/c1-13(2,3)17(12(18)19)6-10-16-9-5-7(14)4-8(15)11(9)20-10/h4-5H,6H2,1-3H3,(H,18,19). The van der Waals surface area contributed by atoms with Gasteiger partial charge in [-0.3, -0.25) is 4.90 Å². The number of oxazole rings is 1. The molecule has 0 aliphatic rings. The lowest BCUT2D eigenvalue weighted by atomic mass is 10.1. The van der Waals surface area contributed by atoms with Crippen LogP contribution in [0.5, 0.6) is 0 Å². The van der Waals surface area contributed by atoms with E-state index in [1.807, 2.05) is 20.8 Å². The number of aromatic nitrogens is 1. The highest BCUT2D eigenvalue weighted by molar-refractivity contribution is 9.10. The van der Waals surface area contributed by atoms with E-state index in [0.717, 1.165) is 4.47 Å². The minimum absolute atomic E-state index is 0.0709. The Hall–Kier alpha value is -1.27. The number of hydrogen-bond acceptors (Lipinski definition) is 3. The smallest absolute Gasteiger partial charge is 0.408 e. The van der Waals surface area contributed by atoms with Crippen LogP contribution in [0.4, 0.5) is 4.79 Å². The van der Waals surface area contributed by atoms with E-state index in [4.69, 9.17) is 16.0 Å². The van der Waals surface area contributed by atoms with Gasteiger partial charge >= 0.3 is 6.09 Å². The van der Waals surface area contributed by atoms with Crippen molar-refractivity contribution in [3.05, 3.63) is 27.5 Å². The van der Waals surface area contributed by atoms with E-state index in [-0.39, 0.29) is 6.54 Å². The van der Waals surface area contributed by atoms with Gasteiger partial charge in [0, 0.05) is 10.0 Å². The first-order chi connectivity index (χ1) is 9.18. The summed E-state index contributed by atoms with van der Waals surface area (Å²) >= 11 is 9.40. The van der Waals surface area contributed by atoms with Crippen molar-refractivity contribution in [3.8, 4) is 0 Å². The lowest BCUT2D eigenvalue weighted by Crippen LogP contribution is -2.44. The van der Waals surface area contributed by atoms with Crippen LogP contribution in [0.3, 0.4) is 0 Å². The Balaban J connectivity index is 2.39. The molecule has 1 aromatic heterocycles. The summed E-state index contributed by atoms with van der Waals surface area (Å²) in [6, 6.07) is 3.48. The minimum atomic E-state index is -1.02. The van der Waals surface area contributed by atoms with Gasteiger partial charge in [-0.25, -0.2) is 9.78 Å². The van der Waals surface area contributed by atoms with E-state index < -0.39 is 11.6 Å². The molecule has 2 aromatic rings. The molecule has 108 valence electrons. The number of fused-ring (bicyclic) bond motifs is 1. The summed E-state index contributed by atoms with van der Waals surface area (Å²) in [7, 11) is 0. The summed E-state index contributed by atoms with van der Waals surface area (Å²) in [5.74, 6) is 0.317. The highest BCUT2D eigenvalue weighted by Gasteiger charge is 2.28. The van der Waals surface area contributed by atoms with Crippen molar-refractivity contribution in [2.45, 2.75) is 32.9 Å². The molecule has 0 fully saturated rings. The molecular weight excluding hydrogens is 348 g/mol. The molecule has 0 atom stereocenters. The molecule has 20 heavy (non-hydrogen) atoms. The average Bonchev–Trinajstić information content (AvgIpc) is 2.66. The predicted molar refractivity (Wildman–Crippen MR) is 80.0 cm³/mol. The molecule has 0 unspecified atom stereocenters. The van der Waals surface area contributed by atoms with Crippen LogP contribution < -0.4 is 0 Å². The third-order valence-electron chi connectivity index (χ3n) is 2.79. The van der Waals surface area contributed by atoms with Crippen molar-refractivity contribution in [1.29, 1.82) is 0 Å². The van der Waals surface area contributed by atoms with Crippen molar-refractivity contribution < 1.29 is 14.3 Å². The highest BCUT2D eigenvalue weighted by atomic mass is 79.9. The second-order valence-electron chi connectivity index (χ2n) is 5.38. The van der Waals surface area contributed by atoms with Crippen LogP contribution in [0.25, 0.3) is 11.1 Å². The molecule has 1 amide bonds. The molecule has 0 aliphatic carbocycles. The Morgan fingerprint density at radius 1 is 1.50 bits per heavy atom. The SMILES string of the molecule is CC(C)(C)N(Cc1nc2cc(Br)cc(Cl)c2o1)C(=O)O. The van der Waals surface area contributed by atoms with Gasteiger partial charge in [-0.1, -0.05) is 27.5 Å². The largest absolute Gasteiger partial charge is 0.465 e. The van der Waals surface area contributed by atoms with Crippen LogP contribution in [0.2, 0.25) is 5.02 Å². The van der Waals surface area contributed by atoms with Crippen molar-refractivity contribution in [2.75, 3.05) is 0 Å². The lowest BCUT2D eigenvalue weighted by Gasteiger charge is -2.31. The van der Waals surface area contributed by atoms with Gasteiger partial charge < -0.3 is 9.52 Å². The van der Waals surface area contributed by atoms with Crippen molar-refractivity contribution in [3.63, 3.8) is 0 Å². The van der Waals surface area contributed by atoms with Gasteiger partial charge in [-0.2, -0.15) is 0 Å². The number of carboxylic acid groups (broad SMARTS) is 1. The zero-order valence-corrected chi connectivity index (χ0v) is 13.6. The van der Waals surface area contributed by atoms with Crippen LogP contribution in [0.15, 0.2) is 21.0 Å². The maximum atomic E-state index is 11.3. The first kappa shape index (κ1) is 15.1. The first-order valence-electron chi connectivity index (χ1n) is 5.93. The molecule has 0 saturated heterocycles. The second-order valence-corrected chi connectivity index (χ2v) is 6.71. The average molecular weight is 362 g/mol. The number of nitrogens with zero attached hydrogens (tertiary/aromatic N) is 2. The molecule has 7 heteroatoms. The Morgan fingerprint density at radius 2 is 2.15 bits per heavy atom. The number of rotatable bonds is 2. The maximum absolute atomic E-state index is 11.3. The van der Waals surface area contributed by atoms with Gasteiger partial charge in [-0.05, 0) is 32.9 Å². The minimum Gasteiger partial charge on any atom is -0.465 e. The van der Waals surface area contributed by atoms with Crippen molar-refractivity contribution >= 4 is 44.7 Å². The van der Waals surface area contributed by atoms with E-state index in [9.17, 15) is 9.90 Å². The summed E-state index contributed by atoms with van der Waals surface area (Å²) in [5, 5.41) is 9.70. The van der Waals surface area contributed by atoms with E-state index in [2.05, 4.69) is 20.9 Å². The molecular formula is C13H14BrClN2O3. The van der Waals surface area contributed by atoms with Crippen LogP contribution >= 0.6 is 27.5 Å². The zero-order valence-electron chi connectivity index (χ0n) is 11.3. The van der Waals surface area contributed by atoms with Gasteiger partial charge in [-0.15, -0.1) is 0 Å². The monoisotopic (exact) mass is 360 g/mol. The Bertz CT molecular complexity index is 663. The number of hydrogen-bond donors (Lipinski definition) is 1. The number of carbonyl (C=O) groups is 1. The number of benzene rings is 1. The number of halogens is 2. The summed E-state index contributed by atoms with van der Waals surface area (Å²) in [5.41, 5.74) is 0.513. The zero-order chi connectivity index (χ0) is 15.1. The molecule has 5 nitrogen and oxygen atoms in total. The van der Waals surface area contributed by atoms with Gasteiger partial charge in [0.25, 0.3) is 0 Å². The third kappa shape index (κ3) is 3.07. The van der Waals surface area contributed by atoms with Crippen molar-refractivity contribution in [2.24, 2.45) is 0 Å². The maximum Gasteiger partial charge on any atom is 0.408 e. The van der Waals surface area contributed by atoms with Crippen LogP contribution in [-0.4, -0.2) is 26.6 Å². The molecule has 1 heterocycles. The van der Waals surface area contributed by atoms with Crippen LogP contribution in [0, 0.1) is 0 Å². The summed E-state index contributed by atoms with van der Waals surface area (Å²) < 4.78 is 6.35. The molecule has 0 radical (unpaired) electrons. The van der Waals surface area contributed by atoms with E-state index in [1.165, 1.54) is 4.90 Å². The van der Waals surface area contributed by atoms with Gasteiger partial charge in [0.15, 0.2) is 5.58 Å². The quantitative estimate of drug-likeness (QED) is 0.854. The molecule has 0 aliphatic heterocycles. The molecule has 2 rings (SSSR count). The second kappa shape index (κ2) is 5.26. The Kier molecular flexibility index (Phi) is 3.97. The molecule has 0 bridgehead atoms. The first-order valence-corrected chi connectivity index (χ1v) is 7.10.